The summed E-state index contributed by atoms with van der Waals surface area (Å²) < 4.78 is 0. The number of hydrogen-bond acceptors (Lipinski definition) is 2. The van der Waals surface area contributed by atoms with Crippen molar-refractivity contribution in [2.24, 2.45) is 0 Å². The average Bonchev–Trinajstić information content (AvgIpc) is 2.72. The number of rotatable bonds is 1. The molecule has 2 heterocycles. The highest BCUT2D eigenvalue weighted by Gasteiger charge is 2.04. The van der Waals surface area contributed by atoms with Crippen LogP contribution >= 0.6 is 0 Å². The van der Waals surface area contributed by atoms with Crippen molar-refractivity contribution in [2.75, 3.05) is 0 Å². The summed E-state index contributed by atoms with van der Waals surface area (Å²) in [6.07, 6.45) is 2.57. The van der Waals surface area contributed by atoms with Gasteiger partial charge in [0.1, 0.15) is 0 Å². The molecule has 3 aromatic rings. The van der Waals surface area contributed by atoms with Crippen LogP contribution in [0, 0.1) is 0 Å². The quantitative estimate of drug-likeness (QED) is 0.608. The fraction of sp³-hybridized carbons (Fsp3) is 0. The lowest BCUT2D eigenvalue weighted by atomic mass is 10.1. The zero-order valence-electron chi connectivity index (χ0n) is 7.90. The number of nitrogens with zero attached hydrogens (tertiary/aromatic N) is 1. The van der Waals surface area contributed by atoms with Crippen molar-refractivity contribution in [2.45, 2.75) is 0 Å². The van der Waals surface area contributed by atoms with Crippen molar-refractivity contribution in [1.82, 2.24) is 9.97 Å². The minimum absolute atomic E-state index is 0.586. The van der Waals surface area contributed by atoms with Gasteiger partial charge >= 0.3 is 0 Å². The van der Waals surface area contributed by atoms with Crippen LogP contribution in [-0.2, 0) is 0 Å². The van der Waals surface area contributed by atoms with Crippen LogP contribution in [0.1, 0.15) is 10.5 Å². The molecule has 3 rings (SSSR count). The second-order valence-corrected chi connectivity index (χ2v) is 3.45. The maximum atomic E-state index is 10.7. The Kier molecular flexibility index (Phi) is 1.59. The maximum absolute atomic E-state index is 10.7. The molecule has 3 heteroatoms. The van der Waals surface area contributed by atoms with E-state index in [4.69, 9.17) is 0 Å². The van der Waals surface area contributed by atoms with Gasteiger partial charge in [0.15, 0.2) is 6.29 Å². The van der Waals surface area contributed by atoms with Gasteiger partial charge in [-0.3, -0.25) is 9.78 Å². The fourth-order valence-electron chi connectivity index (χ4n) is 1.82. The lowest BCUT2D eigenvalue weighted by Gasteiger charge is -1.96. The largest absolute Gasteiger partial charge is 0.351 e. The third-order valence-corrected chi connectivity index (χ3v) is 2.51. The van der Waals surface area contributed by atoms with Crippen LogP contribution in [0.15, 0.2) is 36.5 Å². The van der Waals surface area contributed by atoms with Crippen molar-refractivity contribution in [3.63, 3.8) is 0 Å². The van der Waals surface area contributed by atoms with Gasteiger partial charge in [-0.1, -0.05) is 18.2 Å². The van der Waals surface area contributed by atoms with Gasteiger partial charge in [-0.2, -0.15) is 0 Å². The Morgan fingerprint density at radius 1 is 1.20 bits per heavy atom. The molecule has 3 nitrogen and oxygen atoms in total. The average molecular weight is 196 g/mol. The maximum Gasteiger partial charge on any atom is 0.166 e. The number of aldehydes is 1. The molecule has 1 N–H and O–H groups in total. The summed E-state index contributed by atoms with van der Waals surface area (Å²) >= 11 is 0. The highest BCUT2D eigenvalue weighted by Crippen LogP contribution is 2.22. The molecule has 2 aromatic heterocycles. The molecule has 0 spiro atoms. The topological polar surface area (TPSA) is 45.8 Å². The van der Waals surface area contributed by atoms with E-state index in [0.717, 1.165) is 28.1 Å². The number of H-pyrrole nitrogens is 1. The predicted molar refractivity (Wildman–Crippen MR) is 59.0 cm³/mol. The van der Waals surface area contributed by atoms with Crippen LogP contribution in [0.25, 0.3) is 21.8 Å². The number of pyridine rings is 1. The minimum atomic E-state index is 0.586. The molecule has 0 aliphatic carbocycles. The van der Waals surface area contributed by atoms with Gasteiger partial charge < -0.3 is 4.98 Å². The van der Waals surface area contributed by atoms with Gasteiger partial charge in [-0.25, -0.2) is 0 Å². The number of aromatic nitrogens is 2. The van der Waals surface area contributed by atoms with E-state index in [1.54, 1.807) is 6.20 Å². The van der Waals surface area contributed by atoms with E-state index in [2.05, 4.69) is 9.97 Å². The van der Waals surface area contributed by atoms with Crippen molar-refractivity contribution in [3.8, 4) is 0 Å². The number of aromatic amines is 1. The Morgan fingerprint density at radius 3 is 2.93 bits per heavy atom. The van der Waals surface area contributed by atoms with E-state index in [1.807, 2.05) is 30.3 Å². The fourth-order valence-corrected chi connectivity index (χ4v) is 1.82. The first-order valence-electron chi connectivity index (χ1n) is 4.70. The first-order chi connectivity index (χ1) is 7.38. The Bertz CT molecular complexity index is 655. The summed E-state index contributed by atoms with van der Waals surface area (Å²) in [7, 11) is 0. The van der Waals surface area contributed by atoms with E-state index in [1.165, 1.54) is 0 Å². The van der Waals surface area contributed by atoms with Crippen LogP contribution in [0.2, 0.25) is 0 Å². The highest BCUT2D eigenvalue weighted by molar-refractivity contribution is 6.04. The molecule has 0 aliphatic heterocycles. The molecule has 0 unspecified atom stereocenters. The highest BCUT2D eigenvalue weighted by atomic mass is 16.1. The van der Waals surface area contributed by atoms with E-state index in [-0.39, 0.29) is 0 Å². The number of nitrogens with one attached hydrogen (secondary N) is 1. The van der Waals surface area contributed by atoms with Gasteiger partial charge in [-0.15, -0.1) is 0 Å². The van der Waals surface area contributed by atoms with Gasteiger partial charge in [0, 0.05) is 17.0 Å². The molecule has 72 valence electrons. The Hall–Kier alpha value is -2.16. The summed E-state index contributed by atoms with van der Waals surface area (Å²) in [5, 5.41) is 2.09. The molecule has 0 atom stereocenters. The third kappa shape index (κ3) is 1.13. The molecule has 0 aliphatic rings. The molecule has 0 fully saturated rings. The summed E-state index contributed by atoms with van der Waals surface area (Å²) in [4.78, 5) is 18.0. The summed E-state index contributed by atoms with van der Waals surface area (Å²) in [6.45, 7) is 0. The molecule has 0 saturated carbocycles. The first kappa shape index (κ1) is 8.17. The second kappa shape index (κ2) is 2.92. The Morgan fingerprint density at radius 2 is 2.07 bits per heavy atom. The molecule has 1 aromatic carbocycles. The summed E-state index contributed by atoms with van der Waals surface area (Å²) in [6, 6.07) is 9.73. The summed E-state index contributed by atoms with van der Waals surface area (Å²) in [5.41, 5.74) is 2.42. The first-order valence-corrected chi connectivity index (χ1v) is 4.70. The number of carbonyl (C=O) groups excluding carboxylic acids is 1. The van der Waals surface area contributed by atoms with E-state index in [9.17, 15) is 4.79 Å². The van der Waals surface area contributed by atoms with Gasteiger partial charge in [0.2, 0.25) is 0 Å². The zero-order chi connectivity index (χ0) is 10.3. The number of hydrogen-bond donors (Lipinski definition) is 1. The van der Waals surface area contributed by atoms with Gasteiger partial charge in [0.05, 0.1) is 16.7 Å². The number of fused-ring (bicyclic) bond motifs is 3. The smallest absolute Gasteiger partial charge is 0.166 e. The van der Waals surface area contributed by atoms with Crippen molar-refractivity contribution < 1.29 is 4.79 Å². The molecule has 0 radical (unpaired) electrons. The molecule has 0 saturated heterocycles. The van der Waals surface area contributed by atoms with Crippen LogP contribution in [0.4, 0.5) is 0 Å². The molecular weight excluding hydrogens is 188 g/mol. The summed E-state index contributed by atoms with van der Waals surface area (Å²) in [5.74, 6) is 0. The lowest BCUT2D eigenvalue weighted by Crippen LogP contribution is -1.80. The third-order valence-electron chi connectivity index (χ3n) is 2.51. The second-order valence-electron chi connectivity index (χ2n) is 3.45. The standard InChI is InChI=1S/C12H8N2O/c15-7-10-6-9-4-3-8-2-1-5-13-11(8)12(9)14-10/h1-7,14H. The zero-order valence-corrected chi connectivity index (χ0v) is 7.90. The molecular formula is C12H8N2O. The van der Waals surface area contributed by atoms with Crippen molar-refractivity contribution >= 4 is 28.1 Å². The van der Waals surface area contributed by atoms with Gasteiger partial charge in [0.25, 0.3) is 0 Å². The van der Waals surface area contributed by atoms with E-state index in [0.29, 0.717) is 5.69 Å². The van der Waals surface area contributed by atoms with Crippen LogP contribution in [0.5, 0.6) is 0 Å². The van der Waals surface area contributed by atoms with Gasteiger partial charge in [-0.05, 0) is 12.1 Å². The van der Waals surface area contributed by atoms with E-state index < -0.39 is 0 Å². The Labute approximate surface area is 85.8 Å². The number of benzene rings is 1. The van der Waals surface area contributed by atoms with Crippen molar-refractivity contribution in [3.05, 3.63) is 42.2 Å². The van der Waals surface area contributed by atoms with Crippen LogP contribution in [-0.4, -0.2) is 16.3 Å². The minimum Gasteiger partial charge on any atom is -0.351 e. The molecule has 0 amide bonds. The lowest BCUT2D eigenvalue weighted by molar-refractivity contribution is 0.112. The Balaban J connectivity index is 2.52. The monoisotopic (exact) mass is 196 g/mol. The van der Waals surface area contributed by atoms with E-state index >= 15 is 0 Å². The SMILES string of the molecule is O=Cc1cc2ccc3cccnc3c2[nH]1. The normalized spacial score (nSPS) is 10.9. The molecule has 15 heavy (non-hydrogen) atoms. The van der Waals surface area contributed by atoms with Crippen molar-refractivity contribution in [1.29, 1.82) is 0 Å². The van der Waals surface area contributed by atoms with Crippen LogP contribution < -0.4 is 0 Å². The van der Waals surface area contributed by atoms with Crippen LogP contribution in [0.3, 0.4) is 0 Å². The number of carbonyl (C=O) groups is 1. The molecule has 0 bridgehead atoms. The predicted octanol–water partition coefficient (Wildman–Crippen LogP) is 2.53.